The van der Waals surface area contributed by atoms with Gasteiger partial charge in [0, 0.05) is 31.0 Å². The van der Waals surface area contributed by atoms with Crippen LogP contribution < -0.4 is 4.90 Å². The summed E-state index contributed by atoms with van der Waals surface area (Å²) >= 11 is 1.45. The Morgan fingerprint density at radius 3 is 2.89 bits per heavy atom. The van der Waals surface area contributed by atoms with Crippen LogP contribution in [-0.4, -0.2) is 46.2 Å². The topological polar surface area (TPSA) is 75.6 Å². The van der Waals surface area contributed by atoms with Gasteiger partial charge in [-0.05, 0) is 19.3 Å². The maximum Gasteiger partial charge on any atom is 0.329 e. The minimum Gasteiger partial charge on any atom is -0.480 e. The van der Waals surface area contributed by atoms with Gasteiger partial charge in [0.1, 0.15) is 12.4 Å². The van der Waals surface area contributed by atoms with Crippen LogP contribution in [0.3, 0.4) is 0 Å². The SMILES string of the molecule is CCCc1nsc(N2CCC(OCC(=O)O)CC2)n1. The standard InChI is InChI=1S/C12H19N3O3S/c1-2-3-10-13-12(19-14-10)15-6-4-9(5-7-15)18-8-11(16)17/h9H,2-8H2,1H3,(H,16,17). The Hall–Kier alpha value is -1.21. The first-order valence-corrected chi connectivity index (χ1v) is 7.37. The Morgan fingerprint density at radius 2 is 2.26 bits per heavy atom. The molecule has 1 saturated heterocycles. The smallest absolute Gasteiger partial charge is 0.329 e. The molecule has 0 unspecified atom stereocenters. The van der Waals surface area contributed by atoms with Crippen LogP contribution in [0.4, 0.5) is 5.13 Å². The minimum absolute atomic E-state index is 0.0513. The number of hydrogen-bond acceptors (Lipinski definition) is 6. The van der Waals surface area contributed by atoms with Crippen molar-refractivity contribution in [1.29, 1.82) is 0 Å². The van der Waals surface area contributed by atoms with Crippen LogP contribution in [0.15, 0.2) is 0 Å². The van der Waals surface area contributed by atoms with Gasteiger partial charge in [-0.3, -0.25) is 0 Å². The summed E-state index contributed by atoms with van der Waals surface area (Å²) in [6.07, 6.45) is 3.72. The van der Waals surface area contributed by atoms with Crippen molar-refractivity contribution < 1.29 is 14.6 Å². The molecule has 0 aliphatic carbocycles. The average Bonchev–Trinajstić information content (AvgIpc) is 2.86. The fourth-order valence-corrected chi connectivity index (χ4v) is 2.86. The van der Waals surface area contributed by atoms with Gasteiger partial charge in [-0.1, -0.05) is 6.92 Å². The fourth-order valence-electron chi connectivity index (χ4n) is 2.10. The van der Waals surface area contributed by atoms with E-state index in [0.29, 0.717) is 0 Å². The first-order chi connectivity index (χ1) is 9.19. The Morgan fingerprint density at radius 1 is 1.53 bits per heavy atom. The summed E-state index contributed by atoms with van der Waals surface area (Å²) in [4.78, 5) is 17.2. The highest BCUT2D eigenvalue weighted by Crippen LogP contribution is 2.23. The van der Waals surface area contributed by atoms with Crippen molar-refractivity contribution in [2.75, 3.05) is 24.6 Å². The second kappa shape index (κ2) is 6.81. The van der Waals surface area contributed by atoms with Crippen molar-refractivity contribution in [3.05, 3.63) is 5.82 Å². The second-order valence-corrected chi connectivity index (χ2v) is 5.36. The predicted molar refractivity (Wildman–Crippen MR) is 72.7 cm³/mol. The first kappa shape index (κ1) is 14.2. The van der Waals surface area contributed by atoms with Gasteiger partial charge in [-0.2, -0.15) is 4.37 Å². The molecule has 1 aromatic heterocycles. The summed E-state index contributed by atoms with van der Waals surface area (Å²) in [6.45, 7) is 3.62. The first-order valence-electron chi connectivity index (χ1n) is 6.60. The van der Waals surface area contributed by atoms with Crippen LogP contribution in [0.1, 0.15) is 32.0 Å². The monoisotopic (exact) mass is 285 g/mol. The van der Waals surface area contributed by atoms with Crippen LogP contribution in [0.2, 0.25) is 0 Å². The number of ether oxygens (including phenoxy) is 1. The number of carbonyl (C=O) groups is 1. The third kappa shape index (κ3) is 4.14. The summed E-state index contributed by atoms with van der Waals surface area (Å²) in [5.41, 5.74) is 0. The molecule has 0 atom stereocenters. The van der Waals surface area contributed by atoms with E-state index in [1.165, 1.54) is 11.5 Å². The van der Waals surface area contributed by atoms with Crippen LogP contribution in [-0.2, 0) is 16.0 Å². The zero-order valence-electron chi connectivity index (χ0n) is 11.0. The summed E-state index contributed by atoms with van der Waals surface area (Å²) in [6, 6.07) is 0. The Labute approximate surface area is 116 Å². The maximum absolute atomic E-state index is 10.4. The van der Waals surface area contributed by atoms with Gasteiger partial charge in [0.15, 0.2) is 0 Å². The Kier molecular flexibility index (Phi) is 5.09. The average molecular weight is 285 g/mol. The highest BCUT2D eigenvalue weighted by Gasteiger charge is 2.22. The molecule has 1 fully saturated rings. The molecule has 0 saturated carbocycles. The zero-order valence-corrected chi connectivity index (χ0v) is 11.9. The molecule has 1 N–H and O–H groups in total. The minimum atomic E-state index is -0.907. The number of carboxylic acids is 1. The number of rotatable bonds is 6. The van der Waals surface area contributed by atoms with E-state index in [-0.39, 0.29) is 12.7 Å². The van der Waals surface area contributed by atoms with E-state index in [4.69, 9.17) is 9.84 Å². The highest BCUT2D eigenvalue weighted by molar-refractivity contribution is 7.09. The van der Waals surface area contributed by atoms with E-state index in [9.17, 15) is 4.79 Å². The third-order valence-corrected chi connectivity index (χ3v) is 3.90. The molecule has 1 aliphatic rings. The molecule has 106 valence electrons. The molecule has 7 heteroatoms. The van der Waals surface area contributed by atoms with Crippen LogP contribution in [0.25, 0.3) is 0 Å². The molecule has 1 aliphatic heterocycles. The molecular weight excluding hydrogens is 266 g/mol. The summed E-state index contributed by atoms with van der Waals surface area (Å²) in [5, 5.41) is 9.55. The Balaban J connectivity index is 1.80. The van der Waals surface area contributed by atoms with Crippen LogP contribution >= 0.6 is 11.5 Å². The van der Waals surface area contributed by atoms with Gasteiger partial charge in [0.05, 0.1) is 6.10 Å². The van der Waals surface area contributed by atoms with Gasteiger partial charge in [-0.15, -0.1) is 0 Å². The Bertz CT molecular complexity index is 416. The summed E-state index contributed by atoms with van der Waals surface area (Å²) < 4.78 is 9.65. The lowest BCUT2D eigenvalue weighted by Crippen LogP contribution is -2.37. The normalized spacial score (nSPS) is 16.8. The summed E-state index contributed by atoms with van der Waals surface area (Å²) in [5.74, 6) is 0.0162. The molecule has 2 heterocycles. The van der Waals surface area contributed by atoms with Gasteiger partial charge in [-0.25, -0.2) is 9.78 Å². The van der Waals surface area contributed by atoms with Crippen LogP contribution in [0.5, 0.6) is 0 Å². The number of anilines is 1. The van der Waals surface area contributed by atoms with E-state index < -0.39 is 5.97 Å². The molecule has 0 amide bonds. The van der Waals surface area contributed by atoms with Gasteiger partial charge < -0.3 is 14.7 Å². The largest absolute Gasteiger partial charge is 0.480 e. The predicted octanol–water partition coefficient (Wildman–Crippen LogP) is 1.56. The second-order valence-electron chi connectivity index (χ2n) is 4.63. The lowest BCUT2D eigenvalue weighted by atomic mass is 10.1. The number of aliphatic carboxylic acids is 1. The van der Waals surface area contributed by atoms with Gasteiger partial charge in [0.25, 0.3) is 0 Å². The molecule has 6 nitrogen and oxygen atoms in total. The molecule has 19 heavy (non-hydrogen) atoms. The lowest BCUT2D eigenvalue weighted by Gasteiger charge is -2.31. The molecule has 0 radical (unpaired) electrons. The fraction of sp³-hybridized carbons (Fsp3) is 0.750. The molecule has 1 aromatic rings. The molecule has 0 aromatic carbocycles. The van der Waals surface area contributed by atoms with E-state index in [2.05, 4.69) is 21.2 Å². The van der Waals surface area contributed by atoms with Crippen molar-refractivity contribution in [3.63, 3.8) is 0 Å². The zero-order chi connectivity index (χ0) is 13.7. The van der Waals surface area contributed by atoms with Gasteiger partial charge in [0.2, 0.25) is 5.13 Å². The van der Waals surface area contributed by atoms with Crippen molar-refractivity contribution in [3.8, 4) is 0 Å². The number of piperidine rings is 1. The van der Waals surface area contributed by atoms with Crippen molar-refractivity contribution in [1.82, 2.24) is 9.36 Å². The summed E-state index contributed by atoms with van der Waals surface area (Å²) in [7, 11) is 0. The van der Waals surface area contributed by atoms with E-state index in [0.717, 1.165) is 49.7 Å². The molecular formula is C12H19N3O3S. The van der Waals surface area contributed by atoms with E-state index in [1.807, 2.05) is 0 Å². The third-order valence-electron chi connectivity index (χ3n) is 3.09. The number of carboxylic acid groups (broad SMARTS) is 1. The number of hydrogen-bond donors (Lipinski definition) is 1. The molecule has 0 spiro atoms. The number of aryl methyl sites for hydroxylation is 1. The van der Waals surface area contributed by atoms with E-state index >= 15 is 0 Å². The number of aromatic nitrogens is 2. The van der Waals surface area contributed by atoms with Gasteiger partial charge >= 0.3 is 5.97 Å². The van der Waals surface area contributed by atoms with Crippen molar-refractivity contribution >= 4 is 22.6 Å². The number of nitrogens with zero attached hydrogens (tertiary/aromatic N) is 3. The quantitative estimate of drug-likeness (QED) is 0.855. The van der Waals surface area contributed by atoms with Crippen molar-refractivity contribution in [2.24, 2.45) is 0 Å². The molecule has 0 bridgehead atoms. The van der Waals surface area contributed by atoms with Crippen LogP contribution in [0, 0.1) is 0 Å². The molecule has 2 rings (SSSR count). The van der Waals surface area contributed by atoms with Crippen molar-refractivity contribution in [2.45, 2.75) is 38.7 Å². The highest BCUT2D eigenvalue weighted by atomic mass is 32.1. The maximum atomic E-state index is 10.4. The lowest BCUT2D eigenvalue weighted by molar-refractivity contribution is -0.144. The van der Waals surface area contributed by atoms with E-state index in [1.54, 1.807) is 0 Å².